The van der Waals surface area contributed by atoms with Gasteiger partial charge in [-0.3, -0.25) is 4.79 Å². The van der Waals surface area contributed by atoms with Crippen LogP contribution in [-0.4, -0.2) is 43.9 Å². The average molecular weight is 335 g/mol. The number of thiophene rings is 1. The fourth-order valence-electron chi connectivity index (χ4n) is 1.91. The number of hydrogen-bond donors (Lipinski definition) is 2. The molecule has 0 bridgehead atoms. The van der Waals surface area contributed by atoms with Gasteiger partial charge in [0.2, 0.25) is 0 Å². The van der Waals surface area contributed by atoms with Gasteiger partial charge < -0.3 is 19.9 Å². The van der Waals surface area contributed by atoms with E-state index in [0.717, 1.165) is 10.4 Å². The van der Waals surface area contributed by atoms with Gasteiger partial charge in [-0.05, 0) is 11.6 Å². The number of carboxylic acid groups (broad SMARTS) is 1. The van der Waals surface area contributed by atoms with E-state index in [-0.39, 0.29) is 25.7 Å². The number of nitrogens with one attached hydrogen (secondary N) is 1. The van der Waals surface area contributed by atoms with Crippen molar-refractivity contribution in [1.82, 2.24) is 5.32 Å². The predicted molar refractivity (Wildman–Crippen MR) is 87.1 cm³/mol. The second kappa shape index (κ2) is 8.30. The molecule has 2 rings (SSSR count). The van der Waals surface area contributed by atoms with Gasteiger partial charge in [0.15, 0.2) is 0 Å². The molecule has 2 aromatic rings. The lowest BCUT2D eigenvalue weighted by Crippen LogP contribution is -2.27. The first-order valence-corrected chi connectivity index (χ1v) is 7.74. The average Bonchev–Trinajstić information content (AvgIpc) is 2.99. The standard InChI is InChI=1S/C16H17NO5S/c1-21-12-9-13(11-5-3-2-4-6-11)23-15(12)16(20)17-7-8-22-10-14(18)19/h2-6,9H,7-8,10H2,1H3,(H,17,20)(H,18,19). The Labute approximate surface area is 137 Å². The Morgan fingerprint density at radius 1 is 1.26 bits per heavy atom. The molecule has 0 unspecified atom stereocenters. The summed E-state index contributed by atoms with van der Waals surface area (Å²) in [5, 5.41) is 11.1. The summed E-state index contributed by atoms with van der Waals surface area (Å²) < 4.78 is 10.1. The Hall–Kier alpha value is -2.38. The quantitative estimate of drug-likeness (QED) is 0.723. The summed E-state index contributed by atoms with van der Waals surface area (Å²) >= 11 is 1.34. The van der Waals surface area contributed by atoms with E-state index >= 15 is 0 Å². The molecule has 0 aliphatic rings. The monoisotopic (exact) mass is 335 g/mol. The Morgan fingerprint density at radius 3 is 2.65 bits per heavy atom. The summed E-state index contributed by atoms with van der Waals surface area (Å²) in [5.74, 6) is -0.797. The Bertz CT molecular complexity index is 668. The molecule has 0 atom stereocenters. The minimum atomic E-state index is -1.04. The molecular weight excluding hydrogens is 318 g/mol. The highest BCUT2D eigenvalue weighted by molar-refractivity contribution is 7.17. The number of benzene rings is 1. The van der Waals surface area contributed by atoms with E-state index in [0.29, 0.717) is 10.6 Å². The summed E-state index contributed by atoms with van der Waals surface area (Å²) in [6.45, 7) is -0.0124. The first-order valence-electron chi connectivity index (χ1n) is 6.92. The Balaban J connectivity index is 1.99. The largest absolute Gasteiger partial charge is 0.495 e. The fourth-order valence-corrected chi connectivity index (χ4v) is 2.95. The molecule has 6 nitrogen and oxygen atoms in total. The van der Waals surface area contributed by atoms with E-state index in [1.807, 2.05) is 36.4 Å². The molecule has 0 saturated carbocycles. The summed E-state index contributed by atoms with van der Waals surface area (Å²) in [5.41, 5.74) is 1.01. The summed E-state index contributed by atoms with van der Waals surface area (Å²) in [6, 6.07) is 11.6. The van der Waals surface area contributed by atoms with E-state index in [1.165, 1.54) is 18.4 Å². The minimum absolute atomic E-state index is 0.136. The van der Waals surface area contributed by atoms with E-state index < -0.39 is 5.97 Å². The van der Waals surface area contributed by atoms with Crippen molar-refractivity contribution < 1.29 is 24.2 Å². The number of carbonyl (C=O) groups excluding carboxylic acids is 1. The maximum Gasteiger partial charge on any atom is 0.329 e. The number of methoxy groups -OCH3 is 1. The van der Waals surface area contributed by atoms with Crippen LogP contribution < -0.4 is 10.1 Å². The third kappa shape index (κ3) is 4.80. The molecule has 0 radical (unpaired) electrons. The molecule has 1 amide bonds. The van der Waals surface area contributed by atoms with E-state index in [9.17, 15) is 9.59 Å². The fraction of sp³-hybridized carbons (Fsp3) is 0.250. The van der Waals surface area contributed by atoms with Gasteiger partial charge in [0.1, 0.15) is 17.2 Å². The second-order valence-electron chi connectivity index (χ2n) is 4.58. The van der Waals surface area contributed by atoms with Crippen molar-refractivity contribution >= 4 is 23.2 Å². The molecule has 1 heterocycles. The number of carboxylic acids is 1. The van der Waals surface area contributed by atoms with Crippen LogP contribution in [0.25, 0.3) is 10.4 Å². The number of aliphatic carboxylic acids is 1. The van der Waals surface area contributed by atoms with Crippen LogP contribution in [0, 0.1) is 0 Å². The van der Waals surface area contributed by atoms with Gasteiger partial charge in [-0.2, -0.15) is 0 Å². The van der Waals surface area contributed by atoms with Crippen LogP contribution in [0.3, 0.4) is 0 Å². The molecule has 2 N–H and O–H groups in total. The zero-order valence-corrected chi connectivity index (χ0v) is 13.4. The maximum absolute atomic E-state index is 12.2. The summed E-state index contributed by atoms with van der Waals surface area (Å²) in [6.07, 6.45) is 0. The zero-order chi connectivity index (χ0) is 16.7. The van der Waals surface area contributed by atoms with Crippen LogP contribution in [0.15, 0.2) is 36.4 Å². The summed E-state index contributed by atoms with van der Waals surface area (Å²) in [7, 11) is 1.52. The predicted octanol–water partition coefficient (Wildman–Crippen LogP) is 2.25. The van der Waals surface area contributed by atoms with Gasteiger partial charge in [0.25, 0.3) is 5.91 Å². The van der Waals surface area contributed by atoms with Crippen molar-refractivity contribution in [3.8, 4) is 16.2 Å². The number of ether oxygens (including phenoxy) is 2. The third-order valence-corrected chi connectivity index (χ3v) is 4.10. The topological polar surface area (TPSA) is 84.9 Å². The lowest BCUT2D eigenvalue weighted by Gasteiger charge is -2.05. The van der Waals surface area contributed by atoms with Crippen molar-refractivity contribution in [1.29, 1.82) is 0 Å². The van der Waals surface area contributed by atoms with Crippen LogP contribution in [0.5, 0.6) is 5.75 Å². The van der Waals surface area contributed by atoms with Crippen LogP contribution in [-0.2, 0) is 9.53 Å². The van der Waals surface area contributed by atoms with Crippen LogP contribution >= 0.6 is 11.3 Å². The highest BCUT2D eigenvalue weighted by atomic mass is 32.1. The Morgan fingerprint density at radius 2 is 2.00 bits per heavy atom. The van der Waals surface area contributed by atoms with Gasteiger partial charge in [0, 0.05) is 11.4 Å². The van der Waals surface area contributed by atoms with Crippen molar-refractivity contribution in [2.45, 2.75) is 0 Å². The van der Waals surface area contributed by atoms with Crippen molar-refractivity contribution in [3.05, 3.63) is 41.3 Å². The Kier molecular flexibility index (Phi) is 6.13. The number of amides is 1. The zero-order valence-electron chi connectivity index (χ0n) is 12.6. The molecule has 1 aromatic heterocycles. The maximum atomic E-state index is 12.2. The van der Waals surface area contributed by atoms with E-state index in [4.69, 9.17) is 14.6 Å². The molecule has 0 spiro atoms. The molecule has 0 aliphatic heterocycles. The van der Waals surface area contributed by atoms with Crippen LogP contribution in [0.2, 0.25) is 0 Å². The first-order chi connectivity index (χ1) is 11.1. The van der Waals surface area contributed by atoms with Gasteiger partial charge in [0.05, 0.1) is 13.7 Å². The highest BCUT2D eigenvalue weighted by Crippen LogP contribution is 2.35. The SMILES string of the molecule is COc1cc(-c2ccccc2)sc1C(=O)NCCOCC(=O)O. The highest BCUT2D eigenvalue weighted by Gasteiger charge is 2.17. The third-order valence-electron chi connectivity index (χ3n) is 2.94. The lowest BCUT2D eigenvalue weighted by molar-refractivity contribution is -0.142. The molecule has 23 heavy (non-hydrogen) atoms. The second-order valence-corrected chi connectivity index (χ2v) is 5.63. The minimum Gasteiger partial charge on any atom is -0.495 e. The van der Waals surface area contributed by atoms with E-state index in [1.54, 1.807) is 0 Å². The molecule has 0 saturated heterocycles. The van der Waals surface area contributed by atoms with Crippen molar-refractivity contribution in [2.24, 2.45) is 0 Å². The van der Waals surface area contributed by atoms with Crippen LogP contribution in [0.1, 0.15) is 9.67 Å². The molecule has 122 valence electrons. The molecule has 0 fully saturated rings. The van der Waals surface area contributed by atoms with Crippen LogP contribution in [0.4, 0.5) is 0 Å². The smallest absolute Gasteiger partial charge is 0.329 e. The molecule has 1 aromatic carbocycles. The molecular formula is C16H17NO5S. The van der Waals surface area contributed by atoms with Gasteiger partial charge >= 0.3 is 5.97 Å². The molecule has 0 aliphatic carbocycles. The van der Waals surface area contributed by atoms with E-state index in [2.05, 4.69) is 5.32 Å². The van der Waals surface area contributed by atoms with Gasteiger partial charge in [-0.1, -0.05) is 30.3 Å². The van der Waals surface area contributed by atoms with Gasteiger partial charge in [-0.15, -0.1) is 11.3 Å². The number of rotatable bonds is 8. The summed E-state index contributed by atoms with van der Waals surface area (Å²) in [4.78, 5) is 23.9. The molecule has 7 heteroatoms. The normalized spacial score (nSPS) is 10.3. The number of hydrogen-bond acceptors (Lipinski definition) is 5. The first kappa shape index (κ1) is 17.0. The van der Waals surface area contributed by atoms with Crippen molar-refractivity contribution in [2.75, 3.05) is 26.9 Å². The number of carbonyl (C=O) groups is 2. The lowest BCUT2D eigenvalue weighted by atomic mass is 10.2. The van der Waals surface area contributed by atoms with Crippen molar-refractivity contribution in [3.63, 3.8) is 0 Å². The van der Waals surface area contributed by atoms with Gasteiger partial charge in [-0.25, -0.2) is 4.79 Å².